The number of aromatic amines is 1. The van der Waals surface area contributed by atoms with E-state index in [2.05, 4.69) is 4.98 Å². The average Bonchev–Trinajstić information content (AvgIpc) is 2.26. The van der Waals surface area contributed by atoms with Crippen LogP contribution in [0.25, 0.3) is 10.9 Å². The van der Waals surface area contributed by atoms with Crippen molar-refractivity contribution in [3.8, 4) is 0 Å². The zero-order chi connectivity index (χ0) is 11.7. The van der Waals surface area contributed by atoms with Gasteiger partial charge in [0, 0.05) is 6.54 Å². The Hall–Kier alpha value is -1.55. The van der Waals surface area contributed by atoms with Crippen molar-refractivity contribution in [3.05, 3.63) is 44.1 Å². The van der Waals surface area contributed by atoms with Crippen LogP contribution >= 0.6 is 11.6 Å². The largest absolute Gasteiger partial charge is 0.328 e. The summed E-state index contributed by atoms with van der Waals surface area (Å²) in [6.45, 7) is 2.32. The Balaban J connectivity index is 2.90. The molecule has 84 valence electrons. The molecule has 0 aliphatic rings. The first kappa shape index (κ1) is 11.0. The van der Waals surface area contributed by atoms with Gasteiger partial charge in [-0.2, -0.15) is 0 Å². The average molecular weight is 239 g/mol. The number of benzene rings is 1. The number of halogens is 1. The smallest absolute Gasteiger partial charge is 0.305 e. The molecule has 0 aliphatic heterocycles. The Bertz CT molecular complexity index is 642. The first-order chi connectivity index (χ1) is 7.65. The van der Waals surface area contributed by atoms with E-state index >= 15 is 0 Å². The molecule has 4 nitrogen and oxygen atoms in total. The molecule has 1 aromatic carbocycles. The maximum absolute atomic E-state index is 12.0. The Kier molecular flexibility index (Phi) is 2.83. The summed E-state index contributed by atoms with van der Waals surface area (Å²) in [5.74, 6) is 0. The van der Waals surface area contributed by atoms with Crippen molar-refractivity contribution < 1.29 is 0 Å². The second-order valence-corrected chi connectivity index (χ2v) is 3.96. The normalized spacial score (nSPS) is 10.9. The highest BCUT2D eigenvalue weighted by Gasteiger charge is 2.08. The van der Waals surface area contributed by atoms with Gasteiger partial charge in [-0.15, -0.1) is 0 Å². The Morgan fingerprint density at radius 1 is 1.38 bits per heavy atom. The van der Waals surface area contributed by atoms with Crippen LogP contribution in [0.2, 0.25) is 5.02 Å². The molecule has 0 fully saturated rings. The van der Waals surface area contributed by atoms with Crippen LogP contribution in [0.4, 0.5) is 0 Å². The molecule has 0 atom stereocenters. The van der Waals surface area contributed by atoms with E-state index in [1.807, 2.05) is 6.92 Å². The van der Waals surface area contributed by atoms with Gasteiger partial charge in [-0.05, 0) is 18.6 Å². The minimum absolute atomic E-state index is 0.289. The van der Waals surface area contributed by atoms with Crippen molar-refractivity contribution in [3.63, 3.8) is 0 Å². The van der Waals surface area contributed by atoms with E-state index in [9.17, 15) is 9.59 Å². The molecular formula is C11H11ClN2O2. The monoisotopic (exact) mass is 238 g/mol. The van der Waals surface area contributed by atoms with Gasteiger partial charge < -0.3 is 4.98 Å². The van der Waals surface area contributed by atoms with Gasteiger partial charge in [0.1, 0.15) is 0 Å². The summed E-state index contributed by atoms with van der Waals surface area (Å²) in [6, 6.07) is 5.00. The molecular weight excluding hydrogens is 228 g/mol. The van der Waals surface area contributed by atoms with Crippen LogP contribution in [0, 0.1) is 0 Å². The van der Waals surface area contributed by atoms with Crippen molar-refractivity contribution in [2.45, 2.75) is 19.9 Å². The third-order valence-electron chi connectivity index (χ3n) is 2.41. The van der Waals surface area contributed by atoms with Crippen LogP contribution in [0.1, 0.15) is 13.3 Å². The minimum Gasteiger partial charge on any atom is -0.305 e. The summed E-state index contributed by atoms with van der Waals surface area (Å²) in [5.41, 5.74) is -0.290. The maximum atomic E-state index is 12.0. The highest BCUT2D eigenvalue weighted by Crippen LogP contribution is 2.16. The second-order valence-electron chi connectivity index (χ2n) is 3.55. The van der Waals surface area contributed by atoms with Gasteiger partial charge >= 0.3 is 5.69 Å². The van der Waals surface area contributed by atoms with E-state index in [1.165, 1.54) is 4.57 Å². The molecule has 0 amide bonds. The molecule has 5 heteroatoms. The van der Waals surface area contributed by atoms with Crippen molar-refractivity contribution >= 4 is 22.5 Å². The predicted octanol–water partition coefficient (Wildman–Crippen LogP) is 1.75. The summed E-state index contributed by atoms with van der Waals surface area (Å²) >= 11 is 5.91. The van der Waals surface area contributed by atoms with Crippen molar-refractivity contribution in [1.82, 2.24) is 9.55 Å². The second kappa shape index (κ2) is 4.14. The van der Waals surface area contributed by atoms with Gasteiger partial charge in [0.15, 0.2) is 0 Å². The van der Waals surface area contributed by atoms with Crippen LogP contribution in [0.3, 0.4) is 0 Å². The van der Waals surface area contributed by atoms with Crippen molar-refractivity contribution in [2.75, 3.05) is 0 Å². The first-order valence-electron chi connectivity index (χ1n) is 5.06. The van der Waals surface area contributed by atoms with Crippen LogP contribution in [0.15, 0.2) is 27.8 Å². The van der Waals surface area contributed by atoms with E-state index in [4.69, 9.17) is 11.6 Å². The first-order valence-corrected chi connectivity index (χ1v) is 5.44. The summed E-state index contributed by atoms with van der Waals surface area (Å²) in [5, 5.41) is 0.830. The van der Waals surface area contributed by atoms with E-state index in [0.717, 1.165) is 6.42 Å². The third-order valence-corrected chi connectivity index (χ3v) is 2.73. The van der Waals surface area contributed by atoms with Crippen LogP contribution in [-0.2, 0) is 6.54 Å². The lowest BCUT2D eigenvalue weighted by molar-refractivity contribution is 0.623. The van der Waals surface area contributed by atoms with Gasteiger partial charge in [0.05, 0.1) is 15.9 Å². The lowest BCUT2D eigenvalue weighted by Gasteiger charge is -2.05. The van der Waals surface area contributed by atoms with E-state index in [1.54, 1.807) is 18.2 Å². The topological polar surface area (TPSA) is 54.9 Å². The summed E-state index contributed by atoms with van der Waals surface area (Å²) in [4.78, 5) is 26.2. The van der Waals surface area contributed by atoms with Crippen LogP contribution in [-0.4, -0.2) is 9.55 Å². The molecule has 2 aromatic rings. The van der Waals surface area contributed by atoms with Crippen molar-refractivity contribution in [1.29, 1.82) is 0 Å². The molecule has 0 radical (unpaired) electrons. The predicted molar refractivity (Wildman–Crippen MR) is 64.1 cm³/mol. The molecule has 16 heavy (non-hydrogen) atoms. The van der Waals surface area contributed by atoms with Crippen LogP contribution in [0.5, 0.6) is 0 Å². The SMILES string of the molecule is CCCn1c(=O)[nH]c2c(Cl)cccc2c1=O. The van der Waals surface area contributed by atoms with E-state index < -0.39 is 5.69 Å². The molecule has 0 spiro atoms. The van der Waals surface area contributed by atoms with Gasteiger partial charge in [-0.25, -0.2) is 4.79 Å². The number of hydrogen-bond donors (Lipinski definition) is 1. The van der Waals surface area contributed by atoms with Gasteiger partial charge in [-0.3, -0.25) is 9.36 Å². The van der Waals surface area contributed by atoms with Crippen LogP contribution < -0.4 is 11.2 Å². The summed E-state index contributed by atoms with van der Waals surface area (Å²) in [6.07, 6.45) is 0.731. The molecule has 0 aliphatic carbocycles. The quantitative estimate of drug-likeness (QED) is 0.867. The maximum Gasteiger partial charge on any atom is 0.328 e. The zero-order valence-electron chi connectivity index (χ0n) is 8.79. The molecule has 1 N–H and O–H groups in total. The highest BCUT2D eigenvalue weighted by molar-refractivity contribution is 6.34. The fourth-order valence-corrected chi connectivity index (χ4v) is 1.89. The highest BCUT2D eigenvalue weighted by atomic mass is 35.5. The fourth-order valence-electron chi connectivity index (χ4n) is 1.67. The van der Waals surface area contributed by atoms with E-state index in [0.29, 0.717) is 22.5 Å². The lowest BCUT2D eigenvalue weighted by Crippen LogP contribution is -2.34. The summed E-state index contributed by atoms with van der Waals surface area (Å²) in [7, 11) is 0. The number of fused-ring (bicyclic) bond motifs is 1. The lowest BCUT2D eigenvalue weighted by atomic mass is 10.2. The number of rotatable bonds is 2. The Labute approximate surface area is 96.5 Å². The number of hydrogen-bond acceptors (Lipinski definition) is 2. The molecule has 1 heterocycles. The zero-order valence-corrected chi connectivity index (χ0v) is 9.54. The standard InChI is InChI=1S/C11H11ClN2O2/c1-2-6-14-10(15)7-4-3-5-8(12)9(7)13-11(14)16/h3-5H,2,6H2,1H3,(H,13,16). The minimum atomic E-state index is -0.410. The molecule has 0 saturated carbocycles. The Morgan fingerprint density at radius 3 is 2.81 bits per heavy atom. The number of para-hydroxylation sites is 1. The molecule has 2 rings (SSSR count). The molecule has 0 saturated heterocycles. The summed E-state index contributed by atoms with van der Waals surface area (Å²) < 4.78 is 1.19. The number of H-pyrrole nitrogens is 1. The third kappa shape index (κ3) is 1.65. The van der Waals surface area contributed by atoms with E-state index in [-0.39, 0.29) is 5.56 Å². The molecule has 0 bridgehead atoms. The number of aromatic nitrogens is 2. The van der Waals surface area contributed by atoms with Gasteiger partial charge in [0.2, 0.25) is 0 Å². The number of nitrogens with one attached hydrogen (secondary N) is 1. The van der Waals surface area contributed by atoms with Gasteiger partial charge in [0.25, 0.3) is 5.56 Å². The Morgan fingerprint density at radius 2 is 2.12 bits per heavy atom. The molecule has 0 unspecified atom stereocenters. The van der Waals surface area contributed by atoms with Gasteiger partial charge in [-0.1, -0.05) is 24.6 Å². The van der Waals surface area contributed by atoms with Crippen molar-refractivity contribution in [2.24, 2.45) is 0 Å². The number of nitrogens with zero attached hydrogens (tertiary/aromatic N) is 1. The fraction of sp³-hybridized carbons (Fsp3) is 0.273. The molecule has 1 aromatic heterocycles.